The van der Waals surface area contributed by atoms with E-state index in [1.165, 1.54) is 0 Å². The van der Waals surface area contributed by atoms with Gasteiger partial charge in [-0.25, -0.2) is 13.4 Å². The number of amides is 1. The van der Waals surface area contributed by atoms with Crippen molar-refractivity contribution < 1.29 is 13.2 Å². The lowest BCUT2D eigenvalue weighted by Gasteiger charge is -2.12. The monoisotopic (exact) mass is 435 g/mol. The number of carbonyl (C=O) groups is 1. The maximum Gasteiger partial charge on any atom is 0.234 e. The summed E-state index contributed by atoms with van der Waals surface area (Å²) in [6.45, 7) is 0. The van der Waals surface area contributed by atoms with Crippen LogP contribution in [0.2, 0.25) is 0 Å². The smallest absolute Gasteiger partial charge is 0.234 e. The number of aromatic amines is 1. The van der Waals surface area contributed by atoms with Crippen molar-refractivity contribution in [3.63, 3.8) is 0 Å². The first-order valence-corrected chi connectivity index (χ1v) is 11.8. The van der Waals surface area contributed by atoms with Crippen molar-refractivity contribution in [1.29, 1.82) is 5.26 Å². The second-order valence-corrected chi connectivity index (χ2v) is 10.1. The second-order valence-electron chi connectivity index (χ2n) is 8.39. The fraction of sp³-hybridized carbons (Fsp3) is 0.318. The minimum absolute atomic E-state index is 0.0140. The number of anilines is 2. The second kappa shape index (κ2) is 7.10. The van der Waals surface area contributed by atoms with Gasteiger partial charge in [0.1, 0.15) is 11.5 Å². The Bertz CT molecular complexity index is 1310. The lowest BCUT2D eigenvalue weighted by molar-refractivity contribution is -0.117. The molecular weight excluding hydrogens is 414 g/mol. The highest BCUT2D eigenvalue weighted by Gasteiger charge is 2.46. The van der Waals surface area contributed by atoms with Crippen molar-refractivity contribution in [2.45, 2.75) is 25.7 Å². The first kappa shape index (κ1) is 19.6. The summed E-state index contributed by atoms with van der Waals surface area (Å²) in [7, 11) is -3.60. The minimum Gasteiger partial charge on any atom is -0.346 e. The maximum atomic E-state index is 12.4. The normalized spacial score (nSPS) is 17.1. The molecule has 2 fully saturated rings. The van der Waals surface area contributed by atoms with E-state index in [0.717, 1.165) is 29.4 Å². The van der Waals surface area contributed by atoms with Gasteiger partial charge in [-0.05, 0) is 61.1 Å². The Labute approximate surface area is 179 Å². The highest BCUT2D eigenvalue weighted by atomic mass is 32.2. The largest absolute Gasteiger partial charge is 0.346 e. The molecule has 0 bridgehead atoms. The Morgan fingerprint density at radius 3 is 2.61 bits per heavy atom. The van der Waals surface area contributed by atoms with Gasteiger partial charge in [0, 0.05) is 23.2 Å². The maximum absolute atomic E-state index is 12.4. The van der Waals surface area contributed by atoms with E-state index in [1.54, 1.807) is 18.3 Å². The number of nitrogens with one attached hydrogen (secondary N) is 3. The molecule has 2 saturated carbocycles. The van der Waals surface area contributed by atoms with E-state index in [9.17, 15) is 13.2 Å². The zero-order valence-corrected chi connectivity index (χ0v) is 17.5. The molecule has 2 aliphatic carbocycles. The molecule has 0 aliphatic heterocycles. The number of fused-ring (bicyclic) bond motifs is 1. The van der Waals surface area contributed by atoms with Gasteiger partial charge in [0.25, 0.3) is 0 Å². The van der Waals surface area contributed by atoms with Gasteiger partial charge in [0.2, 0.25) is 15.9 Å². The Balaban J connectivity index is 1.39. The third kappa shape index (κ3) is 4.11. The van der Waals surface area contributed by atoms with E-state index in [2.05, 4.69) is 26.1 Å². The number of nitrogens with zero attached hydrogens (tertiary/aromatic N) is 2. The van der Waals surface area contributed by atoms with Gasteiger partial charge in [-0.3, -0.25) is 9.52 Å². The minimum atomic E-state index is -3.60. The number of nitriles is 1. The van der Waals surface area contributed by atoms with Gasteiger partial charge in [0.15, 0.2) is 0 Å². The molecule has 0 spiro atoms. The zero-order valence-electron chi connectivity index (χ0n) is 16.7. The predicted octanol–water partition coefficient (Wildman–Crippen LogP) is 3.62. The Morgan fingerprint density at radius 2 is 1.97 bits per heavy atom. The number of H-pyrrole nitrogens is 1. The number of hydrogen-bond acceptors (Lipinski definition) is 5. The molecule has 8 nitrogen and oxygen atoms in total. The molecule has 3 N–H and O–H groups in total. The lowest BCUT2D eigenvalue weighted by atomic mass is 10.0. The summed E-state index contributed by atoms with van der Waals surface area (Å²) >= 11 is 0. The number of pyridine rings is 1. The van der Waals surface area contributed by atoms with Crippen molar-refractivity contribution in [2.75, 3.05) is 15.8 Å². The molecular formula is C22H21N5O3S. The fourth-order valence-electron chi connectivity index (χ4n) is 3.65. The van der Waals surface area contributed by atoms with Crippen LogP contribution in [0, 0.1) is 22.7 Å². The molecule has 0 saturated heterocycles. The molecule has 1 amide bonds. The Morgan fingerprint density at radius 1 is 1.23 bits per heavy atom. The van der Waals surface area contributed by atoms with E-state index in [-0.39, 0.29) is 17.6 Å². The number of sulfonamides is 1. The summed E-state index contributed by atoms with van der Waals surface area (Å²) in [6.07, 6.45) is 4.86. The lowest BCUT2D eigenvalue weighted by Crippen LogP contribution is -2.22. The summed E-state index contributed by atoms with van der Waals surface area (Å²) in [5.74, 6) is 0.363. The van der Waals surface area contributed by atoms with Crippen molar-refractivity contribution in [3.05, 3.63) is 42.6 Å². The molecule has 0 atom stereocenters. The zero-order chi connectivity index (χ0) is 21.6. The highest BCUT2D eigenvalue weighted by molar-refractivity contribution is 7.92. The van der Waals surface area contributed by atoms with Crippen LogP contribution >= 0.6 is 0 Å². The molecule has 158 valence electrons. The molecule has 0 unspecified atom stereocenters. The SMILES string of the molecule is N#CC1(CS(=O)(=O)Nc2ccc(-c3cc(NC(=O)C4CC4)nc4[nH]ccc34)cc2)CC1. The average molecular weight is 436 g/mol. The number of hydrogen-bond donors (Lipinski definition) is 3. The van der Waals surface area contributed by atoms with E-state index in [4.69, 9.17) is 5.26 Å². The summed E-state index contributed by atoms with van der Waals surface area (Å²) in [4.78, 5) is 19.7. The third-order valence-electron chi connectivity index (χ3n) is 5.75. The van der Waals surface area contributed by atoms with Crippen LogP contribution in [-0.4, -0.2) is 30.0 Å². The van der Waals surface area contributed by atoms with Crippen LogP contribution in [0.4, 0.5) is 11.5 Å². The van der Waals surface area contributed by atoms with E-state index in [0.29, 0.717) is 30.0 Å². The van der Waals surface area contributed by atoms with Gasteiger partial charge >= 0.3 is 0 Å². The third-order valence-corrected chi connectivity index (χ3v) is 7.23. The van der Waals surface area contributed by atoms with Crippen LogP contribution in [0.25, 0.3) is 22.2 Å². The van der Waals surface area contributed by atoms with Crippen molar-refractivity contribution in [1.82, 2.24) is 9.97 Å². The van der Waals surface area contributed by atoms with Crippen molar-refractivity contribution >= 4 is 38.5 Å². The molecule has 3 aromatic rings. The predicted molar refractivity (Wildman–Crippen MR) is 118 cm³/mol. The van der Waals surface area contributed by atoms with Crippen molar-refractivity contribution in [2.24, 2.45) is 11.3 Å². The van der Waals surface area contributed by atoms with Gasteiger partial charge in [0.05, 0.1) is 17.2 Å². The number of carbonyl (C=O) groups excluding carboxylic acids is 1. The molecule has 5 rings (SSSR count). The number of benzene rings is 1. The number of aromatic nitrogens is 2. The first-order chi connectivity index (χ1) is 14.9. The molecule has 1 aromatic carbocycles. The van der Waals surface area contributed by atoms with Crippen LogP contribution < -0.4 is 10.0 Å². The fourth-order valence-corrected chi connectivity index (χ4v) is 5.30. The highest BCUT2D eigenvalue weighted by Crippen LogP contribution is 2.46. The van der Waals surface area contributed by atoms with Crippen molar-refractivity contribution in [3.8, 4) is 17.2 Å². The first-order valence-electron chi connectivity index (χ1n) is 10.2. The summed E-state index contributed by atoms with van der Waals surface area (Å²) in [5, 5.41) is 12.9. The molecule has 0 radical (unpaired) electrons. The molecule has 2 heterocycles. The topological polar surface area (TPSA) is 128 Å². The molecule has 9 heteroatoms. The molecule has 2 aliphatic rings. The van der Waals surface area contributed by atoms with Crippen LogP contribution in [0.3, 0.4) is 0 Å². The molecule has 31 heavy (non-hydrogen) atoms. The van der Waals surface area contributed by atoms with Gasteiger partial charge < -0.3 is 10.3 Å². The van der Waals surface area contributed by atoms with Gasteiger partial charge in [-0.2, -0.15) is 5.26 Å². The van der Waals surface area contributed by atoms with Gasteiger partial charge in [-0.15, -0.1) is 0 Å². The van der Waals surface area contributed by atoms with Gasteiger partial charge in [-0.1, -0.05) is 12.1 Å². The van der Waals surface area contributed by atoms with E-state index < -0.39 is 15.4 Å². The van der Waals surface area contributed by atoms with E-state index in [1.807, 2.05) is 24.3 Å². The standard InChI is InChI=1S/C22H21N5O3S/c23-12-22(8-9-22)13-31(29,30)27-16-5-3-14(4-6-16)18-11-19(26-21(28)15-1-2-15)25-20-17(18)7-10-24-20/h3-7,10-11,15,27H,1-2,8-9,13H2,(H2,24,25,26,28). The quantitative estimate of drug-likeness (QED) is 0.522. The average Bonchev–Trinajstić information content (AvgIpc) is 3.66. The van der Waals surface area contributed by atoms with Crippen LogP contribution in [0.5, 0.6) is 0 Å². The number of rotatable bonds is 7. The summed E-state index contributed by atoms with van der Waals surface area (Å²) < 4.78 is 27.4. The summed E-state index contributed by atoms with van der Waals surface area (Å²) in [6, 6.07) is 12.9. The van der Waals surface area contributed by atoms with Crippen LogP contribution in [0.1, 0.15) is 25.7 Å². The van der Waals surface area contributed by atoms with E-state index >= 15 is 0 Å². The van der Waals surface area contributed by atoms with Crippen LogP contribution in [0.15, 0.2) is 42.6 Å². The molecule has 2 aromatic heterocycles. The Hall–Kier alpha value is -3.38. The summed E-state index contributed by atoms with van der Waals surface area (Å²) in [5.41, 5.74) is 2.13. The Kier molecular flexibility index (Phi) is 4.48. The van der Waals surface area contributed by atoms with Crippen LogP contribution in [-0.2, 0) is 14.8 Å².